The lowest BCUT2D eigenvalue weighted by atomic mass is 9.87. The van der Waals surface area contributed by atoms with Crippen molar-refractivity contribution in [2.45, 2.75) is 25.7 Å². The van der Waals surface area contributed by atoms with E-state index in [9.17, 15) is 4.79 Å². The highest BCUT2D eigenvalue weighted by atomic mass is 16.4. The topological polar surface area (TPSA) is 30.2 Å². The van der Waals surface area contributed by atoms with Crippen LogP contribution in [-0.4, -0.2) is 0 Å². The molecule has 1 heterocycles. The van der Waals surface area contributed by atoms with Gasteiger partial charge in [0.2, 0.25) is 0 Å². The summed E-state index contributed by atoms with van der Waals surface area (Å²) in [7, 11) is 0. The molecule has 0 saturated carbocycles. The van der Waals surface area contributed by atoms with E-state index in [0.717, 1.165) is 35.1 Å². The molecule has 0 atom stereocenters. The van der Waals surface area contributed by atoms with Crippen LogP contribution in [0.2, 0.25) is 0 Å². The summed E-state index contributed by atoms with van der Waals surface area (Å²) in [6.07, 6.45) is 6.75. The zero-order valence-electron chi connectivity index (χ0n) is 14.1. The monoisotopic (exact) mass is 328 g/mol. The van der Waals surface area contributed by atoms with Crippen LogP contribution in [0.5, 0.6) is 0 Å². The molecule has 0 spiro atoms. The Morgan fingerprint density at radius 2 is 1.48 bits per heavy atom. The Balaban J connectivity index is 2.03. The minimum absolute atomic E-state index is 0.292. The summed E-state index contributed by atoms with van der Waals surface area (Å²) in [5.74, 6) is 0.653. The summed E-state index contributed by atoms with van der Waals surface area (Å²) in [6, 6.07) is 21.8. The SMILES string of the molecule is O=c1cc(C2=CCCCC2)c(-c2ccccc2)c(-c2ccccc2)o1. The van der Waals surface area contributed by atoms with Crippen molar-refractivity contribution >= 4 is 5.57 Å². The Labute approximate surface area is 147 Å². The van der Waals surface area contributed by atoms with Gasteiger partial charge in [-0.25, -0.2) is 4.79 Å². The fourth-order valence-corrected chi connectivity index (χ4v) is 3.51. The summed E-state index contributed by atoms with van der Waals surface area (Å²) >= 11 is 0. The molecular formula is C23H20O2. The molecule has 0 fully saturated rings. The van der Waals surface area contributed by atoms with Crippen LogP contribution in [0.4, 0.5) is 0 Å². The molecule has 1 aromatic heterocycles. The van der Waals surface area contributed by atoms with Gasteiger partial charge in [0.25, 0.3) is 0 Å². The quantitative estimate of drug-likeness (QED) is 0.596. The van der Waals surface area contributed by atoms with E-state index in [2.05, 4.69) is 18.2 Å². The van der Waals surface area contributed by atoms with Crippen LogP contribution in [0.1, 0.15) is 31.2 Å². The van der Waals surface area contributed by atoms with E-state index in [1.165, 1.54) is 18.4 Å². The van der Waals surface area contributed by atoms with Gasteiger partial charge in [-0.1, -0.05) is 66.7 Å². The third-order valence-electron chi connectivity index (χ3n) is 4.70. The molecule has 0 radical (unpaired) electrons. The standard InChI is InChI=1S/C23H20O2/c24-21-16-20(17-10-4-1-5-11-17)22(18-12-6-2-7-13-18)23(25-21)19-14-8-3-9-15-19/h2-3,6-10,12-16H,1,4-5,11H2. The second-order valence-corrected chi connectivity index (χ2v) is 6.39. The molecule has 0 aliphatic heterocycles. The van der Waals surface area contributed by atoms with Crippen molar-refractivity contribution in [3.8, 4) is 22.5 Å². The number of hydrogen-bond donors (Lipinski definition) is 0. The van der Waals surface area contributed by atoms with Crippen LogP contribution in [-0.2, 0) is 0 Å². The first-order chi connectivity index (χ1) is 12.3. The average Bonchev–Trinajstić information content (AvgIpc) is 2.69. The second kappa shape index (κ2) is 6.94. The lowest BCUT2D eigenvalue weighted by Gasteiger charge is -2.18. The predicted molar refractivity (Wildman–Crippen MR) is 102 cm³/mol. The molecule has 2 nitrogen and oxygen atoms in total. The molecule has 0 N–H and O–H groups in total. The van der Waals surface area contributed by atoms with Crippen molar-refractivity contribution in [2.75, 3.05) is 0 Å². The van der Waals surface area contributed by atoms with Gasteiger partial charge in [-0.3, -0.25) is 0 Å². The van der Waals surface area contributed by atoms with Gasteiger partial charge in [0.05, 0.1) is 0 Å². The zero-order chi connectivity index (χ0) is 17.1. The number of rotatable bonds is 3. The highest BCUT2D eigenvalue weighted by Gasteiger charge is 2.19. The Bertz CT molecular complexity index is 950. The smallest absolute Gasteiger partial charge is 0.336 e. The summed E-state index contributed by atoms with van der Waals surface area (Å²) in [4.78, 5) is 12.3. The number of benzene rings is 2. The summed E-state index contributed by atoms with van der Waals surface area (Å²) < 4.78 is 5.70. The van der Waals surface area contributed by atoms with Crippen molar-refractivity contribution in [1.82, 2.24) is 0 Å². The molecule has 25 heavy (non-hydrogen) atoms. The molecule has 1 aliphatic carbocycles. The highest BCUT2D eigenvalue weighted by molar-refractivity contribution is 5.89. The van der Waals surface area contributed by atoms with Crippen LogP contribution in [0.15, 0.2) is 82.0 Å². The van der Waals surface area contributed by atoms with E-state index in [1.54, 1.807) is 6.07 Å². The molecule has 4 rings (SSSR count). The Kier molecular flexibility index (Phi) is 4.34. The Morgan fingerprint density at radius 1 is 0.800 bits per heavy atom. The largest absolute Gasteiger partial charge is 0.422 e. The molecule has 124 valence electrons. The van der Waals surface area contributed by atoms with Crippen LogP contribution in [0, 0.1) is 0 Å². The van der Waals surface area contributed by atoms with Gasteiger partial charge in [-0.05, 0) is 42.4 Å². The van der Waals surface area contributed by atoms with Gasteiger partial charge in [0.15, 0.2) is 0 Å². The van der Waals surface area contributed by atoms with Gasteiger partial charge in [0.1, 0.15) is 5.76 Å². The van der Waals surface area contributed by atoms with Crippen molar-refractivity contribution in [3.05, 3.63) is 88.8 Å². The first kappa shape index (κ1) is 15.6. The van der Waals surface area contributed by atoms with E-state index in [1.807, 2.05) is 48.5 Å². The molecular weight excluding hydrogens is 308 g/mol. The molecule has 0 unspecified atom stereocenters. The first-order valence-corrected chi connectivity index (χ1v) is 8.81. The van der Waals surface area contributed by atoms with E-state index >= 15 is 0 Å². The third-order valence-corrected chi connectivity index (χ3v) is 4.70. The van der Waals surface area contributed by atoms with E-state index in [0.29, 0.717) is 5.76 Å². The third kappa shape index (κ3) is 3.20. The van der Waals surface area contributed by atoms with E-state index < -0.39 is 0 Å². The average molecular weight is 328 g/mol. The van der Waals surface area contributed by atoms with E-state index in [-0.39, 0.29) is 5.63 Å². The fraction of sp³-hybridized carbons (Fsp3) is 0.174. The van der Waals surface area contributed by atoms with Gasteiger partial charge >= 0.3 is 5.63 Å². The highest BCUT2D eigenvalue weighted by Crippen LogP contribution is 2.39. The number of hydrogen-bond acceptors (Lipinski definition) is 2. The first-order valence-electron chi connectivity index (χ1n) is 8.81. The summed E-state index contributed by atoms with van der Waals surface area (Å²) in [6.45, 7) is 0. The summed E-state index contributed by atoms with van der Waals surface area (Å²) in [5, 5.41) is 0. The maximum absolute atomic E-state index is 12.3. The van der Waals surface area contributed by atoms with Crippen LogP contribution in [0.3, 0.4) is 0 Å². The molecule has 0 bridgehead atoms. The normalized spacial score (nSPS) is 14.2. The Hall–Kier alpha value is -2.87. The van der Waals surface area contributed by atoms with Gasteiger partial charge < -0.3 is 4.42 Å². The molecule has 2 aromatic carbocycles. The minimum atomic E-state index is -0.292. The van der Waals surface area contributed by atoms with Crippen LogP contribution >= 0.6 is 0 Å². The zero-order valence-corrected chi connectivity index (χ0v) is 14.1. The predicted octanol–water partition coefficient (Wildman–Crippen LogP) is 5.93. The second-order valence-electron chi connectivity index (χ2n) is 6.39. The van der Waals surface area contributed by atoms with E-state index in [4.69, 9.17) is 4.42 Å². The molecule has 1 aliphatic rings. The van der Waals surface area contributed by atoms with Crippen molar-refractivity contribution < 1.29 is 4.42 Å². The van der Waals surface area contributed by atoms with Crippen molar-refractivity contribution in [2.24, 2.45) is 0 Å². The fourth-order valence-electron chi connectivity index (χ4n) is 3.51. The molecule has 3 aromatic rings. The van der Waals surface area contributed by atoms with Crippen molar-refractivity contribution in [1.29, 1.82) is 0 Å². The van der Waals surface area contributed by atoms with Crippen molar-refractivity contribution in [3.63, 3.8) is 0 Å². The maximum Gasteiger partial charge on any atom is 0.336 e. The van der Waals surface area contributed by atoms with Gasteiger partial charge in [-0.2, -0.15) is 0 Å². The van der Waals surface area contributed by atoms with Crippen LogP contribution in [0.25, 0.3) is 28.0 Å². The molecule has 0 amide bonds. The molecule has 2 heteroatoms. The summed E-state index contributed by atoms with van der Waals surface area (Å²) in [5.41, 5.74) is 5.00. The minimum Gasteiger partial charge on any atom is -0.422 e. The maximum atomic E-state index is 12.3. The van der Waals surface area contributed by atoms with Gasteiger partial charge in [-0.15, -0.1) is 0 Å². The van der Waals surface area contributed by atoms with Crippen LogP contribution < -0.4 is 5.63 Å². The number of allylic oxidation sites excluding steroid dienone is 2. The lowest BCUT2D eigenvalue weighted by Crippen LogP contribution is -2.05. The molecule has 0 saturated heterocycles. The van der Waals surface area contributed by atoms with Gasteiger partial charge in [0, 0.05) is 17.2 Å². The Morgan fingerprint density at radius 3 is 2.12 bits per heavy atom. The lowest BCUT2D eigenvalue weighted by molar-refractivity contribution is 0.526.